The van der Waals surface area contributed by atoms with Gasteiger partial charge in [0.25, 0.3) is 0 Å². The van der Waals surface area contributed by atoms with E-state index in [-0.39, 0.29) is 0 Å². The largest absolute Gasteiger partial charge is 0.312 e. The normalized spacial score (nSPS) is 26.2. The highest BCUT2D eigenvalue weighted by molar-refractivity contribution is 8.03. The van der Waals surface area contributed by atoms with Gasteiger partial charge in [-0.25, -0.2) is 0 Å². The molecule has 5 heteroatoms. The van der Waals surface area contributed by atoms with Crippen LogP contribution in [0.5, 0.6) is 0 Å². The Morgan fingerprint density at radius 2 is 1.74 bits per heavy atom. The molecular weight excluding hydrogens is 274 g/mol. The van der Waals surface area contributed by atoms with Gasteiger partial charge in [0.1, 0.15) is 0 Å². The Hall–Kier alpha value is 0.580. The van der Waals surface area contributed by atoms with E-state index in [4.69, 9.17) is 0 Å². The molecule has 2 saturated heterocycles. The van der Waals surface area contributed by atoms with Crippen LogP contribution in [0, 0.1) is 0 Å². The number of thioether (sulfide) groups is 2. The van der Waals surface area contributed by atoms with Crippen LogP contribution in [0.25, 0.3) is 0 Å². The number of rotatable bonds is 5. The van der Waals surface area contributed by atoms with Crippen LogP contribution < -0.4 is 5.32 Å². The summed E-state index contributed by atoms with van der Waals surface area (Å²) in [6.07, 6.45) is 1.29. The molecule has 2 aliphatic heterocycles. The summed E-state index contributed by atoms with van der Waals surface area (Å²) in [4.78, 5) is 5.08. The lowest BCUT2D eigenvalue weighted by Crippen LogP contribution is -2.49. The quantitative estimate of drug-likeness (QED) is 0.826. The molecule has 2 aliphatic rings. The fourth-order valence-electron chi connectivity index (χ4n) is 2.68. The van der Waals surface area contributed by atoms with Gasteiger partial charge in [0, 0.05) is 61.3 Å². The van der Waals surface area contributed by atoms with Gasteiger partial charge in [-0.2, -0.15) is 23.5 Å². The first-order chi connectivity index (χ1) is 9.25. The first-order valence-corrected chi connectivity index (χ1v) is 9.88. The van der Waals surface area contributed by atoms with Gasteiger partial charge in [-0.15, -0.1) is 0 Å². The van der Waals surface area contributed by atoms with E-state index in [0.29, 0.717) is 0 Å². The molecule has 0 amide bonds. The zero-order valence-corrected chi connectivity index (χ0v) is 14.1. The van der Waals surface area contributed by atoms with Gasteiger partial charge in [0.15, 0.2) is 0 Å². The van der Waals surface area contributed by atoms with Crippen LogP contribution in [0.15, 0.2) is 0 Å². The predicted octanol–water partition coefficient (Wildman–Crippen LogP) is 1.45. The Morgan fingerprint density at radius 1 is 1.11 bits per heavy atom. The molecule has 0 radical (unpaired) electrons. The van der Waals surface area contributed by atoms with E-state index >= 15 is 0 Å². The fourth-order valence-corrected chi connectivity index (χ4v) is 5.14. The first-order valence-electron chi connectivity index (χ1n) is 7.57. The van der Waals surface area contributed by atoms with Gasteiger partial charge in [-0.1, -0.05) is 0 Å². The van der Waals surface area contributed by atoms with Crippen LogP contribution in [0.2, 0.25) is 0 Å². The molecule has 1 unspecified atom stereocenters. The minimum absolute atomic E-state index is 0.729. The summed E-state index contributed by atoms with van der Waals surface area (Å²) in [5.74, 6) is 5.27. The summed E-state index contributed by atoms with van der Waals surface area (Å²) < 4.78 is 0. The predicted molar refractivity (Wildman–Crippen MR) is 89.6 cm³/mol. The van der Waals surface area contributed by atoms with E-state index < -0.39 is 0 Å². The smallest absolute Gasteiger partial charge is 0.0248 e. The Labute approximate surface area is 127 Å². The maximum Gasteiger partial charge on any atom is 0.0248 e. The number of piperazine rings is 1. The fraction of sp³-hybridized carbons (Fsp3) is 1.00. The van der Waals surface area contributed by atoms with Crippen molar-refractivity contribution in [2.75, 3.05) is 62.8 Å². The minimum Gasteiger partial charge on any atom is -0.312 e. The molecule has 0 aromatic carbocycles. The van der Waals surface area contributed by atoms with Crippen molar-refractivity contribution in [1.29, 1.82) is 0 Å². The Balaban J connectivity index is 1.59. The number of hydrogen-bond acceptors (Lipinski definition) is 5. The molecule has 19 heavy (non-hydrogen) atoms. The van der Waals surface area contributed by atoms with E-state index in [9.17, 15) is 0 Å². The van der Waals surface area contributed by atoms with E-state index in [1.807, 2.05) is 0 Å². The maximum absolute atomic E-state index is 3.76. The number of likely N-dealkylation sites (N-methyl/N-ethyl adjacent to an activating group) is 1. The van der Waals surface area contributed by atoms with Crippen LogP contribution in [0.3, 0.4) is 0 Å². The standard InChI is InChI=1S/C14H29N3S2/c1-13(17-7-5-16(2)6-8-17)3-4-15-14-11-18-9-10-19-12-14/h13-15H,3-12H2,1-2H3. The molecular formula is C14H29N3S2. The first kappa shape index (κ1) is 16.0. The van der Waals surface area contributed by atoms with Crippen molar-refractivity contribution in [2.24, 2.45) is 0 Å². The Morgan fingerprint density at radius 3 is 2.37 bits per heavy atom. The molecule has 0 spiro atoms. The van der Waals surface area contributed by atoms with Gasteiger partial charge < -0.3 is 10.2 Å². The lowest BCUT2D eigenvalue weighted by atomic mass is 10.1. The summed E-state index contributed by atoms with van der Waals surface area (Å²) in [5, 5.41) is 3.76. The molecule has 2 heterocycles. The summed E-state index contributed by atoms with van der Waals surface area (Å²) in [5.41, 5.74) is 0. The highest BCUT2D eigenvalue weighted by Crippen LogP contribution is 2.16. The highest BCUT2D eigenvalue weighted by atomic mass is 32.2. The molecule has 0 saturated carbocycles. The number of nitrogens with zero attached hydrogens (tertiary/aromatic N) is 2. The molecule has 2 rings (SSSR count). The number of nitrogens with one attached hydrogen (secondary N) is 1. The van der Waals surface area contributed by atoms with Crippen LogP contribution in [-0.4, -0.2) is 84.7 Å². The van der Waals surface area contributed by atoms with Crippen molar-refractivity contribution >= 4 is 23.5 Å². The van der Waals surface area contributed by atoms with E-state index in [2.05, 4.69) is 52.6 Å². The topological polar surface area (TPSA) is 18.5 Å². The lowest BCUT2D eigenvalue weighted by Gasteiger charge is -2.36. The van der Waals surface area contributed by atoms with Crippen molar-refractivity contribution in [1.82, 2.24) is 15.1 Å². The molecule has 1 atom stereocenters. The van der Waals surface area contributed by atoms with Crippen LogP contribution >= 0.6 is 23.5 Å². The van der Waals surface area contributed by atoms with Crippen molar-refractivity contribution in [2.45, 2.75) is 25.4 Å². The van der Waals surface area contributed by atoms with Crippen LogP contribution in [-0.2, 0) is 0 Å². The highest BCUT2D eigenvalue weighted by Gasteiger charge is 2.19. The minimum atomic E-state index is 0.729. The summed E-state index contributed by atoms with van der Waals surface area (Å²) in [6, 6.07) is 1.46. The second-order valence-electron chi connectivity index (χ2n) is 5.78. The molecule has 0 bridgehead atoms. The maximum atomic E-state index is 3.76. The van der Waals surface area contributed by atoms with Crippen LogP contribution in [0.1, 0.15) is 13.3 Å². The van der Waals surface area contributed by atoms with Crippen LogP contribution in [0.4, 0.5) is 0 Å². The van der Waals surface area contributed by atoms with Crippen molar-refractivity contribution in [3.8, 4) is 0 Å². The zero-order valence-electron chi connectivity index (χ0n) is 12.4. The third-order valence-corrected chi connectivity index (χ3v) is 6.69. The average molecular weight is 304 g/mol. The Bertz CT molecular complexity index is 237. The number of hydrogen-bond donors (Lipinski definition) is 1. The monoisotopic (exact) mass is 303 g/mol. The molecule has 2 fully saturated rings. The third kappa shape index (κ3) is 5.84. The molecule has 0 aromatic rings. The Kier molecular flexibility index (Phi) is 7.37. The van der Waals surface area contributed by atoms with Crippen molar-refractivity contribution < 1.29 is 0 Å². The molecule has 0 aliphatic carbocycles. The zero-order chi connectivity index (χ0) is 13.5. The van der Waals surface area contributed by atoms with Crippen molar-refractivity contribution in [3.63, 3.8) is 0 Å². The van der Waals surface area contributed by atoms with Gasteiger partial charge in [-0.3, -0.25) is 4.90 Å². The SMILES string of the molecule is CC(CCNC1CSCCSC1)N1CCN(C)CC1. The van der Waals surface area contributed by atoms with E-state index in [0.717, 1.165) is 12.1 Å². The van der Waals surface area contributed by atoms with Gasteiger partial charge in [-0.05, 0) is 26.9 Å². The van der Waals surface area contributed by atoms with E-state index in [1.54, 1.807) is 0 Å². The second kappa shape index (κ2) is 8.78. The molecule has 112 valence electrons. The molecule has 1 N–H and O–H groups in total. The van der Waals surface area contributed by atoms with E-state index in [1.165, 1.54) is 62.2 Å². The van der Waals surface area contributed by atoms with Gasteiger partial charge in [0.2, 0.25) is 0 Å². The summed E-state index contributed by atoms with van der Waals surface area (Å²) >= 11 is 4.22. The summed E-state index contributed by atoms with van der Waals surface area (Å²) in [6.45, 7) is 8.52. The third-order valence-electron chi connectivity index (χ3n) is 4.17. The van der Waals surface area contributed by atoms with Gasteiger partial charge in [0.05, 0.1) is 0 Å². The lowest BCUT2D eigenvalue weighted by molar-refractivity contribution is 0.114. The molecule has 3 nitrogen and oxygen atoms in total. The second-order valence-corrected chi connectivity index (χ2v) is 8.08. The van der Waals surface area contributed by atoms with Gasteiger partial charge >= 0.3 is 0 Å². The average Bonchev–Trinajstić information content (AvgIpc) is 2.68. The summed E-state index contributed by atoms with van der Waals surface area (Å²) in [7, 11) is 2.23. The van der Waals surface area contributed by atoms with Crippen molar-refractivity contribution in [3.05, 3.63) is 0 Å². The molecule has 0 aromatic heterocycles.